The molecule has 3 aromatic rings. The quantitative estimate of drug-likeness (QED) is 0.668. The monoisotopic (exact) mass is 357 g/mol. The second kappa shape index (κ2) is 7.14. The van der Waals surface area contributed by atoms with Crippen molar-refractivity contribution in [2.24, 2.45) is 0 Å². The van der Waals surface area contributed by atoms with Crippen molar-refractivity contribution in [2.45, 2.75) is 6.54 Å². The van der Waals surface area contributed by atoms with Crippen molar-refractivity contribution < 1.29 is 18.7 Å². The van der Waals surface area contributed by atoms with Crippen LogP contribution < -0.4 is 10.9 Å². The Balaban J connectivity index is 1.89. The molecule has 0 saturated carbocycles. The van der Waals surface area contributed by atoms with Gasteiger partial charge in [0.25, 0.3) is 11.5 Å². The predicted molar refractivity (Wildman–Crippen MR) is 89.5 cm³/mol. The Labute approximate surface area is 146 Å². The Morgan fingerprint density at radius 1 is 1.12 bits per heavy atom. The highest BCUT2D eigenvalue weighted by Crippen LogP contribution is 2.20. The number of aromatic hydroxyl groups is 1. The molecule has 26 heavy (non-hydrogen) atoms. The summed E-state index contributed by atoms with van der Waals surface area (Å²) >= 11 is 0. The molecule has 1 heterocycles. The van der Waals surface area contributed by atoms with Crippen LogP contribution in [0.5, 0.6) is 5.75 Å². The number of aromatic amines is 1. The van der Waals surface area contributed by atoms with Crippen LogP contribution in [0.25, 0.3) is 11.4 Å². The largest absolute Gasteiger partial charge is 0.501 e. The molecule has 0 aliphatic carbocycles. The first-order chi connectivity index (χ1) is 12.5. The maximum atomic E-state index is 13.9. The van der Waals surface area contributed by atoms with Crippen LogP contribution in [-0.2, 0) is 6.54 Å². The SMILES string of the molecule is O=C(NCc1ccc(F)cc1)c1nc(-c2ccccc2F)[nH]c(=O)c1O. The summed E-state index contributed by atoms with van der Waals surface area (Å²) in [5.41, 5.74) is -0.908. The topological polar surface area (TPSA) is 95.1 Å². The van der Waals surface area contributed by atoms with Gasteiger partial charge in [-0.1, -0.05) is 24.3 Å². The first-order valence-electron chi connectivity index (χ1n) is 7.56. The van der Waals surface area contributed by atoms with Gasteiger partial charge in [0.05, 0.1) is 5.56 Å². The molecule has 3 rings (SSSR count). The van der Waals surface area contributed by atoms with E-state index in [9.17, 15) is 23.5 Å². The van der Waals surface area contributed by atoms with E-state index in [-0.39, 0.29) is 17.9 Å². The third-order valence-electron chi connectivity index (χ3n) is 3.61. The van der Waals surface area contributed by atoms with Crippen molar-refractivity contribution in [1.29, 1.82) is 0 Å². The summed E-state index contributed by atoms with van der Waals surface area (Å²) in [5, 5.41) is 12.3. The average Bonchev–Trinajstić information content (AvgIpc) is 2.63. The highest BCUT2D eigenvalue weighted by molar-refractivity contribution is 5.95. The van der Waals surface area contributed by atoms with Crippen LogP contribution in [0.3, 0.4) is 0 Å². The summed E-state index contributed by atoms with van der Waals surface area (Å²) in [7, 11) is 0. The number of benzene rings is 2. The third-order valence-corrected chi connectivity index (χ3v) is 3.61. The van der Waals surface area contributed by atoms with E-state index in [0.717, 1.165) is 0 Å². The number of halogens is 2. The van der Waals surface area contributed by atoms with Gasteiger partial charge in [0.1, 0.15) is 17.5 Å². The van der Waals surface area contributed by atoms with Crippen molar-refractivity contribution >= 4 is 5.91 Å². The zero-order valence-corrected chi connectivity index (χ0v) is 13.3. The number of nitrogens with one attached hydrogen (secondary N) is 2. The van der Waals surface area contributed by atoms with Crippen LogP contribution in [-0.4, -0.2) is 21.0 Å². The number of amides is 1. The average molecular weight is 357 g/mol. The molecule has 0 aliphatic heterocycles. The van der Waals surface area contributed by atoms with Gasteiger partial charge >= 0.3 is 0 Å². The second-order valence-corrected chi connectivity index (χ2v) is 5.40. The molecular formula is C18H13F2N3O3. The Morgan fingerprint density at radius 2 is 1.81 bits per heavy atom. The highest BCUT2D eigenvalue weighted by atomic mass is 19.1. The van der Waals surface area contributed by atoms with Crippen molar-refractivity contribution in [1.82, 2.24) is 15.3 Å². The van der Waals surface area contributed by atoms with Gasteiger partial charge in [-0.05, 0) is 29.8 Å². The van der Waals surface area contributed by atoms with E-state index < -0.39 is 34.5 Å². The summed E-state index contributed by atoms with van der Waals surface area (Å²) in [6.07, 6.45) is 0. The zero-order valence-electron chi connectivity index (χ0n) is 13.3. The Bertz CT molecular complexity index is 1020. The van der Waals surface area contributed by atoms with E-state index in [1.54, 1.807) is 6.07 Å². The van der Waals surface area contributed by atoms with Crippen LogP contribution in [0.4, 0.5) is 8.78 Å². The van der Waals surface area contributed by atoms with Crippen molar-refractivity contribution in [3.63, 3.8) is 0 Å². The first-order valence-corrected chi connectivity index (χ1v) is 7.56. The van der Waals surface area contributed by atoms with Crippen LogP contribution in [0, 0.1) is 11.6 Å². The molecule has 0 radical (unpaired) electrons. The minimum atomic E-state index is -0.967. The van der Waals surface area contributed by atoms with Crippen LogP contribution in [0.15, 0.2) is 53.3 Å². The molecule has 6 nitrogen and oxygen atoms in total. The molecule has 8 heteroatoms. The van der Waals surface area contributed by atoms with Crippen LogP contribution in [0.2, 0.25) is 0 Å². The van der Waals surface area contributed by atoms with Crippen molar-refractivity contribution in [3.05, 3.63) is 81.8 Å². The molecular weight excluding hydrogens is 344 g/mol. The molecule has 0 bridgehead atoms. The summed E-state index contributed by atoms with van der Waals surface area (Å²) < 4.78 is 26.8. The lowest BCUT2D eigenvalue weighted by molar-refractivity contribution is 0.0942. The third kappa shape index (κ3) is 3.59. The minimum absolute atomic E-state index is 0.0165. The Hall–Kier alpha value is -3.55. The molecule has 0 aliphatic rings. The summed E-state index contributed by atoms with van der Waals surface area (Å²) in [5.74, 6) is -2.93. The lowest BCUT2D eigenvalue weighted by Gasteiger charge is -2.08. The van der Waals surface area contributed by atoms with Crippen LogP contribution in [0.1, 0.15) is 16.1 Å². The molecule has 2 aromatic carbocycles. The van der Waals surface area contributed by atoms with E-state index in [1.165, 1.54) is 42.5 Å². The number of carbonyl (C=O) groups is 1. The first kappa shape index (κ1) is 17.3. The lowest BCUT2D eigenvalue weighted by atomic mass is 10.2. The molecule has 0 unspecified atom stereocenters. The standard InChI is InChI=1S/C18H13F2N3O3/c19-11-7-5-10(6-8-11)9-21-17(25)14-15(24)18(26)23-16(22-14)12-3-1-2-4-13(12)20/h1-8,24H,9H2,(H,21,25)(H,22,23,26). The number of carbonyl (C=O) groups excluding carboxylic acids is 1. The molecule has 3 N–H and O–H groups in total. The fourth-order valence-electron chi connectivity index (χ4n) is 2.27. The normalized spacial score (nSPS) is 10.5. The van der Waals surface area contributed by atoms with Gasteiger partial charge in [-0.2, -0.15) is 0 Å². The number of H-pyrrole nitrogens is 1. The van der Waals surface area contributed by atoms with E-state index in [1.807, 2.05) is 0 Å². The minimum Gasteiger partial charge on any atom is -0.501 e. The Kier molecular flexibility index (Phi) is 4.74. The van der Waals surface area contributed by atoms with E-state index in [0.29, 0.717) is 5.56 Å². The fourth-order valence-corrected chi connectivity index (χ4v) is 2.27. The number of aromatic nitrogens is 2. The van der Waals surface area contributed by atoms with Gasteiger partial charge in [0, 0.05) is 6.54 Å². The fraction of sp³-hybridized carbons (Fsp3) is 0.0556. The second-order valence-electron chi connectivity index (χ2n) is 5.40. The lowest BCUT2D eigenvalue weighted by Crippen LogP contribution is -2.26. The molecule has 0 spiro atoms. The summed E-state index contributed by atoms with van der Waals surface area (Å²) in [4.78, 5) is 30.2. The number of nitrogens with zero attached hydrogens (tertiary/aromatic N) is 1. The van der Waals surface area contributed by atoms with E-state index >= 15 is 0 Å². The summed E-state index contributed by atoms with van der Waals surface area (Å²) in [6.45, 7) is 0.0298. The molecule has 0 saturated heterocycles. The zero-order chi connectivity index (χ0) is 18.7. The van der Waals surface area contributed by atoms with Gasteiger partial charge in [0.15, 0.2) is 5.69 Å². The maximum absolute atomic E-state index is 13.9. The number of hydrogen-bond acceptors (Lipinski definition) is 4. The van der Waals surface area contributed by atoms with Gasteiger partial charge < -0.3 is 15.4 Å². The number of hydrogen-bond donors (Lipinski definition) is 3. The smallest absolute Gasteiger partial charge is 0.294 e. The molecule has 0 atom stereocenters. The Morgan fingerprint density at radius 3 is 2.50 bits per heavy atom. The van der Waals surface area contributed by atoms with Crippen LogP contribution >= 0.6 is 0 Å². The highest BCUT2D eigenvalue weighted by Gasteiger charge is 2.19. The number of rotatable bonds is 4. The maximum Gasteiger partial charge on any atom is 0.294 e. The van der Waals surface area contributed by atoms with E-state index in [2.05, 4.69) is 15.3 Å². The molecule has 132 valence electrons. The van der Waals surface area contributed by atoms with Gasteiger partial charge in [-0.3, -0.25) is 9.59 Å². The van der Waals surface area contributed by atoms with Gasteiger partial charge in [-0.15, -0.1) is 0 Å². The summed E-state index contributed by atoms with van der Waals surface area (Å²) in [6, 6.07) is 11.0. The predicted octanol–water partition coefficient (Wildman–Crippen LogP) is 2.35. The van der Waals surface area contributed by atoms with Crippen molar-refractivity contribution in [2.75, 3.05) is 0 Å². The molecule has 1 aromatic heterocycles. The molecule has 0 fully saturated rings. The van der Waals surface area contributed by atoms with Crippen molar-refractivity contribution in [3.8, 4) is 17.1 Å². The van der Waals surface area contributed by atoms with E-state index in [4.69, 9.17) is 0 Å². The molecule has 1 amide bonds. The van der Waals surface area contributed by atoms with Gasteiger partial charge in [0.2, 0.25) is 5.75 Å². The van der Waals surface area contributed by atoms with Gasteiger partial charge in [-0.25, -0.2) is 13.8 Å².